The van der Waals surface area contributed by atoms with E-state index in [9.17, 15) is 0 Å². The van der Waals surface area contributed by atoms with Crippen molar-refractivity contribution in [2.75, 3.05) is 7.11 Å². The lowest BCUT2D eigenvalue weighted by Gasteiger charge is -2.37. The molecule has 1 saturated carbocycles. The minimum absolute atomic E-state index is 0.122. The van der Waals surface area contributed by atoms with Crippen molar-refractivity contribution < 1.29 is 4.74 Å². The van der Waals surface area contributed by atoms with Crippen LogP contribution in [0.4, 0.5) is 0 Å². The van der Waals surface area contributed by atoms with E-state index in [-0.39, 0.29) is 5.54 Å². The molecule has 0 aromatic heterocycles. The second kappa shape index (κ2) is 4.93. The zero-order chi connectivity index (χ0) is 13.3. The highest BCUT2D eigenvalue weighted by Gasteiger charge is 2.32. The molecule has 1 aromatic carbocycles. The van der Waals surface area contributed by atoms with Gasteiger partial charge in [0.1, 0.15) is 5.75 Å². The SMILES string of the molecule is COc1cc(C)c(C2(N)CCCCC2)c(C)c1C. The van der Waals surface area contributed by atoms with Gasteiger partial charge >= 0.3 is 0 Å². The lowest BCUT2D eigenvalue weighted by atomic mass is 9.73. The fraction of sp³-hybridized carbons (Fsp3) is 0.625. The Bertz CT molecular complexity index is 445. The van der Waals surface area contributed by atoms with E-state index < -0.39 is 0 Å². The predicted octanol–water partition coefficient (Wildman–Crippen LogP) is 3.74. The number of hydrogen-bond donors (Lipinski definition) is 1. The normalized spacial score (nSPS) is 18.7. The average Bonchev–Trinajstić information content (AvgIpc) is 2.34. The summed E-state index contributed by atoms with van der Waals surface area (Å²) in [5, 5.41) is 0. The van der Waals surface area contributed by atoms with Crippen molar-refractivity contribution in [1.82, 2.24) is 0 Å². The van der Waals surface area contributed by atoms with Gasteiger partial charge in [-0.1, -0.05) is 19.3 Å². The first kappa shape index (κ1) is 13.4. The Labute approximate surface area is 111 Å². The van der Waals surface area contributed by atoms with Crippen molar-refractivity contribution in [1.29, 1.82) is 0 Å². The number of hydrogen-bond acceptors (Lipinski definition) is 2. The molecule has 0 aliphatic heterocycles. The Morgan fingerprint density at radius 1 is 1.06 bits per heavy atom. The van der Waals surface area contributed by atoms with Crippen LogP contribution in [-0.4, -0.2) is 7.11 Å². The van der Waals surface area contributed by atoms with E-state index in [0.29, 0.717) is 0 Å². The summed E-state index contributed by atoms with van der Waals surface area (Å²) in [6, 6.07) is 2.14. The molecule has 0 radical (unpaired) electrons. The lowest BCUT2D eigenvalue weighted by Crippen LogP contribution is -2.40. The third-order valence-electron chi connectivity index (χ3n) is 4.51. The van der Waals surface area contributed by atoms with Gasteiger partial charge in [0.15, 0.2) is 0 Å². The van der Waals surface area contributed by atoms with Gasteiger partial charge in [0.2, 0.25) is 0 Å². The molecule has 0 unspecified atom stereocenters. The molecular weight excluding hydrogens is 222 g/mol. The third-order valence-corrected chi connectivity index (χ3v) is 4.51. The van der Waals surface area contributed by atoms with Crippen molar-refractivity contribution in [3.8, 4) is 5.75 Å². The molecule has 1 aromatic rings. The van der Waals surface area contributed by atoms with Crippen LogP contribution in [0.25, 0.3) is 0 Å². The molecule has 0 spiro atoms. The van der Waals surface area contributed by atoms with Crippen molar-refractivity contribution >= 4 is 0 Å². The van der Waals surface area contributed by atoms with E-state index in [0.717, 1.165) is 18.6 Å². The number of rotatable bonds is 2. The summed E-state index contributed by atoms with van der Waals surface area (Å²) in [4.78, 5) is 0. The quantitative estimate of drug-likeness (QED) is 0.864. The molecule has 1 aliphatic rings. The van der Waals surface area contributed by atoms with Crippen LogP contribution in [0.1, 0.15) is 54.4 Å². The van der Waals surface area contributed by atoms with Crippen molar-refractivity contribution in [3.63, 3.8) is 0 Å². The molecule has 100 valence electrons. The van der Waals surface area contributed by atoms with Crippen LogP contribution in [0, 0.1) is 20.8 Å². The van der Waals surface area contributed by atoms with Gasteiger partial charge in [-0.2, -0.15) is 0 Å². The van der Waals surface area contributed by atoms with Crippen molar-refractivity contribution in [2.45, 2.75) is 58.4 Å². The molecule has 1 aliphatic carbocycles. The highest BCUT2D eigenvalue weighted by atomic mass is 16.5. The second-order valence-electron chi connectivity index (χ2n) is 5.74. The molecule has 18 heavy (non-hydrogen) atoms. The van der Waals surface area contributed by atoms with Crippen LogP contribution >= 0.6 is 0 Å². The molecule has 0 amide bonds. The standard InChI is InChI=1S/C16H25NO/c1-11-10-14(18-4)12(2)13(3)15(11)16(17)8-6-5-7-9-16/h10H,5-9,17H2,1-4H3. The maximum absolute atomic E-state index is 6.70. The van der Waals surface area contributed by atoms with Gasteiger partial charge < -0.3 is 10.5 Å². The second-order valence-corrected chi connectivity index (χ2v) is 5.74. The smallest absolute Gasteiger partial charge is 0.122 e. The predicted molar refractivity (Wildman–Crippen MR) is 76.2 cm³/mol. The number of methoxy groups -OCH3 is 1. The Kier molecular flexibility index (Phi) is 3.67. The Morgan fingerprint density at radius 2 is 1.67 bits per heavy atom. The van der Waals surface area contributed by atoms with Gasteiger partial charge in [-0.3, -0.25) is 0 Å². The molecule has 0 atom stereocenters. The molecule has 0 bridgehead atoms. The summed E-state index contributed by atoms with van der Waals surface area (Å²) in [7, 11) is 1.74. The number of benzene rings is 1. The highest BCUT2D eigenvalue weighted by molar-refractivity contribution is 5.51. The molecule has 2 N–H and O–H groups in total. The largest absolute Gasteiger partial charge is 0.496 e. The minimum atomic E-state index is -0.122. The zero-order valence-corrected chi connectivity index (χ0v) is 12.1. The van der Waals surface area contributed by atoms with Crippen LogP contribution in [0.3, 0.4) is 0 Å². The first-order valence-electron chi connectivity index (χ1n) is 6.94. The van der Waals surface area contributed by atoms with Gasteiger partial charge in [-0.15, -0.1) is 0 Å². The molecule has 0 heterocycles. The fourth-order valence-corrected chi connectivity index (χ4v) is 3.46. The molecule has 2 nitrogen and oxygen atoms in total. The average molecular weight is 247 g/mol. The van der Waals surface area contributed by atoms with E-state index in [1.165, 1.54) is 41.5 Å². The van der Waals surface area contributed by atoms with E-state index in [1.807, 2.05) is 0 Å². The maximum Gasteiger partial charge on any atom is 0.122 e. The number of aryl methyl sites for hydroxylation is 1. The van der Waals surface area contributed by atoms with Gasteiger partial charge in [-0.25, -0.2) is 0 Å². The minimum Gasteiger partial charge on any atom is -0.496 e. The van der Waals surface area contributed by atoms with Gasteiger partial charge in [0.05, 0.1) is 7.11 Å². The molecule has 1 fully saturated rings. The van der Waals surface area contributed by atoms with Crippen LogP contribution in [0.15, 0.2) is 6.07 Å². The molecule has 2 rings (SSSR count). The summed E-state index contributed by atoms with van der Waals surface area (Å²) in [6.07, 6.45) is 6.05. The Balaban J connectivity index is 2.53. The van der Waals surface area contributed by atoms with E-state index in [2.05, 4.69) is 26.8 Å². The van der Waals surface area contributed by atoms with E-state index in [4.69, 9.17) is 10.5 Å². The summed E-state index contributed by atoms with van der Waals surface area (Å²) in [6.45, 7) is 6.47. The van der Waals surface area contributed by atoms with Crippen LogP contribution in [0.5, 0.6) is 5.75 Å². The third kappa shape index (κ3) is 2.14. The summed E-state index contributed by atoms with van der Waals surface area (Å²) < 4.78 is 5.44. The summed E-state index contributed by atoms with van der Waals surface area (Å²) in [5.74, 6) is 0.980. The number of nitrogens with two attached hydrogens (primary N) is 1. The van der Waals surface area contributed by atoms with Crippen LogP contribution in [0.2, 0.25) is 0 Å². The van der Waals surface area contributed by atoms with E-state index in [1.54, 1.807) is 7.11 Å². The summed E-state index contributed by atoms with van der Waals surface area (Å²) in [5.41, 5.74) is 11.8. The van der Waals surface area contributed by atoms with Gasteiger partial charge in [0.25, 0.3) is 0 Å². The van der Waals surface area contributed by atoms with Gasteiger partial charge in [0, 0.05) is 5.54 Å². The fourth-order valence-electron chi connectivity index (χ4n) is 3.46. The first-order valence-corrected chi connectivity index (χ1v) is 6.94. The van der Waals surface area contributed by atoms with Crippen molar-refractivity contribution in [2.24, 2.45) is 5.73 Å². The topological polar surface area (TPSA) is 35.2 Å². The van der Waals surface area contributed by atoms with Crippen LogP contribution in [-0.2, 0) is 5.54 Å². The molecular formula is C16H25NO. The Morgan fingerprint density at radius 3 is 2.22 bits per heavy atom. The molecule has 2 heteroatoms. The van der Waals surface area contributed by atoms with Gasteiger partial charge in [-0.05, 0) is 61.9 Å². The van der Waals surface area contributed by atoms with Crippen molar-refractivity contribution in [3.05, 3.63) is 28.3 Å². The lowest BCUT2D eigenvalue weighted by molar-refractivity contribution is 0.299. The number of ether oxygens (including phenoxy) is 1. The van der Waals surface area contributed by atoms with E-state index >= 15 is 0 Å². The monoisotopic (exact) mass is 247 g/mol. The Hall–Kier alpha value is -1.02. The highest BCUT2D eigenvalue weighted by Crippen LogP contribution is 2.40. The maximum atomic E-state index is 6.70. The zero-order valence-electron chi connectivity index (χ0n) is 12.1. The van der Waals surface area contributed by atoms with Crippen LogP contribution < -0.4 is 10.5 Å². The molecule has 0 saturated heterocycles. The summed E-state index contributed by atoms with van der Waals surface area (Å²) >= 11 is 0. The first-order chi connectivity index (χ1) is 8.49.